The van der Waals surface area contributed by atoms with Crippen LogP contribution in [0.5, 0.6) is 0 Å². The highest BCUT2D eigenvalue weighted by Gasteiger charge is 2.55. The van der Waals surface area contributed by atoms with Crippen molar-refractivity contribution < 1.29 is 14.7 Å². The summed E-state index contributed by atoms with van der Waals surface area (Å²) in [7, 11) is 0. The van der Waals surface area contributed by atoms with Gasteiger partial charge in [0.25, 0.3) is 0 Å². The first kappa shape index (κ1) is 22.6. The van der Waals surface area contributed by atoms with Crippen molar-refractivity contribution in [3.8, 4) is 0 Å². The fraction of sp³-hybridized carbons (Fsp3) is 0.846. The Bertz CT molecular complexity index is 636. The maximum absolute atomic E-state index is 11.8. The molecule has 3 fully saturated rings. The molecular weight excluding hydrogens is 360 g/mol. The van der Waals surface area contributed by atoms with Gasteiger partial charge < -0.3 is 9.90 Å². The molecular formula is C26H41O3-. The van der Waals surface area contributed by atoms with Crippen molar-refractivity contribution in [2.24, 2.45) is 28.6 Å². The molecule has 29 heavy (non-hydrogen) atoms. The first-order valence-corrected chi connectivity index (χ1v) is 12.2. The third-order valence-corrected chi connectivity index (χ3v) is 8.98. The number of aliphatic carboxylic acids is 1. The van der Waals surface area contributed by atoms with E-state index in [1.807, 2.05) is 6.08 Å². The van der Waals surface area contributed by atoms with E-state index in [-0.39, 0.29) is 6.42 Å². The van der Waals surface area contributed by atoms with Crippen molar-refractivity contribution in [3.63, 3.8) is 0 Å². The Balaban J connectivity index is 0.000000229. The second kappa shape index (κ2) is 9.35. The zero-order chi connectivity index (χ0) is 21.1. The second-order valence-electron chi connectivity index (χ2n) is 10.7. The van der Waals surface area contributed by atoms with E-state index in [1.54, 1.807) is 0 Å². The summed E-state index contributed by atoms with van der Waals surface area (Å²) >= 11 is 0. The van der Waals surface area contributed by atoms with E-state index >= 15 is 0 Å². The van der Waals surface area contributed by atoms with Gasteiger partial charge in [0, 0.05) is 12.4 Å². The number of unbranched alkanes of at least 4 members (excludes halogenated alkanes) is 3. The van der Waals surface area contributed by atoms with E-state index in [1.165, 1.54) is 50.5 Å². The van der Waals surface area contributed by atoms with Crippen LogP contribution in [-0.4, -0.2) is 11.8 Å². The summed E-state index contributed by atoms with van der Waals surface area (Å²) in [5.74, 6) is 2.26. The van der Waals surface area contributed by atoms with E-state index in [0.717, 1.165) is 56.3 Å². The van der Waals surface area contributed by atoms with Gasteiger partial charge in [-0.15, -0.1) is 0 Å². The van der Waals surface area contributed by atoms with Gasteiger partial charge in [-0.3, -0.25) is 4.79 Å². The molecule has 0 radical (unpaired) electrons. The van der Waals surface area contributed by atoms with Gasteiger partial charge in [-0.2, -0.15) is 0 Å². The summed E-state index contributed by atoms with van der Waals surface area (Å²) in [6, 6.07) is 0. The van der Waals surface area contributed by atoms with Crippen molar-refractivity contribution in [3.05, 3.63) is 11.6 Å². The minimum Gasteiger partial charge on any atom is -0.550 e. The predicted octanol–water partition coefficient (Wildman–Crippen LogP) is 5.62. The first-order chi connectivity index (χ1) is 13.8. The van der Waals surface area contributed by atoms with E-state index in [0.29, 0.717) is 16.6 Å². The minimum atomic E-state index is -0.925. The number of allylic oxidation sites excluding steroid dienone is 1. The molecule has 4 aliphatic carbocycles. The first-order valence-electron chi connectivity index (χ1n) is 12.2. The molecule has 0 saturated heterocycles. The lowest BCUT2D eigenvalue weighted by molar-refractivity contribution is -0.305. The van der Waals surface area contributed by atoms with Crippen molar-refractivity contribution in [1.29, 1.82) is 0 Å². The molecule has 0 aromatic carbocycles. The van der Waals surface area contributed by atoms with Crippen LogP contribution in [0.4, 0.5) is 0 Å². The van der Waals surface area contributed by atoms with Crippen molar-refractivity contribution in [2.75, 3.05) is 0 Å². The van der Waals surface area contributed by atoms with Crippen LogP contribution in [0.3, 0.4) is 0 Å². The summed E-state index contributed by atoms with van der Waals surface area (Å²) in [4.78, 5) is 21.6. The van der Waals surface area contributed by atoms with Gasteiger partial charge in [0.1, 0.15) is 0 Å². The van der Waals surface area contributed by atoms with Crippen molar-refractivity contribution in [1.82, 2.24) is 0 Å². The molecule has 5 atom stereocenters. The molecule has 4 aliphatic rings. The number of carbonyl (C=O) groups is 2. The number of hydrogen-bond acceptors (Lipinski definition) is 3. The summed E-state index contributed by atoms with van der Waals surface area (Å²) in [6.07, 6.45) is 18.1. The standard InChI is InChI=1S/C19H28O.C7H14O2/c1-18-9-3-4-16(18)15-6-5-13-12-14(20)7-11-19(13,2)17(15)8-10-18;1-2-3-4-5-6-7(8)9/h12,15-17H,3-11H2,1-2H3;2-6H2,1H3,(H,8,9)/p-1/t15-,16-,17-,18-,19-;/m0./s1. The summed E-state index contributed by atoms with van der Waals surface area (Å²) in [5.41, 5.74) is 2.53. The van der Waals surface area contributed by atoms with Crippen LogP contribution in [0.1, 0.15) is 111 Å². The molecule has 0 unspecified atom stereocenters. The van der Waals surface area contributed by atoms with Crippen LogP contribution in [0.2, 0.25) is 0 Å². The molecule has 0 aromatic rings. The monoisotopic (exact) mass is 401 g/mol. The molecule has 0 aromatic heterocycles. The van der Waals surface area contributed by atoms with E-state index in [9.17, 15) is 14.7 Å². The highest BCUT2D eigenvalue weighted by molar-refractivity contribution is 5.91. The lowest BCUT2D eigenvalue weighted by Gasteiger charge is -2.57. The second-order valence-corrected chi connectivity index (χ2v) is 10.7. The molecule has 0 amide bonds. The van der Waals surface area contributed by atoms with Gasteiger partial charge >= 0.3 is 0 Å². The minimum absolute atomic E-state index is 0.222. The average molecular weight is 402 g/mol. The van der Waals surface area contributed by atoms with Gasteiger partial charge in [0.2, 0.25) is 0 Å². The van der Waals surface area contributed by atoms with Gasteiger partial charge in [-0.25, -0.2) is 0 Å². The van der Waals surface area contributed by atoms with Gasteiger partial charge in [0.05, 0.1) is 0 Å². The fourth-order valence-corrected chi connectivity index (χ4v) is 7.25. The fourth-order valence-electron chi connectivity index (χ4n) is 7.25. The lowest BCUT2D eigenvalue weighted by Crippen LogP contribution is -2.49. The zero-order valence-corrected chi connectivity index (χ0v) is 18.9. The number of hydrogen-bond donors (Lipinski definition) is 0. The molecule has 0 heterocycles. The maximum Gasteiger partial charge on any atom is 0.155 e. The van der Waals surface area contributed by atoms with Gasteiger partial charge in [-0.05, 0) is 92.4 Å². The van der Waals surface area contributed by atoms with Crippen LogP contribution in [0.25, 0.3) is 0 Å². The highest BCUT2D eigenvalue weighted by atomic mass is 16.4. The number of carbonyl (C=O) groups excluding carboxylic acids is 2. The SMILES string of the molecule is CCCCCCC(=O)[O-].C[C@@]12CCC[C@H]1[C@@H]1CCC3=CC(=O)CC[C@]3(C)[C@H]1CC2. The van der Waals surface area contributed by atoms with E-state index < -0.39 is 5.97 Å². The largest absolute Gasteiger partial charge is 0.550 e. The Labute approximate surface area is 177 Å². The van der Waals surface area contributed by atoms with Gasteiger partial charge in [-0.1, -0.05) is 52.0 Å². The normalized spacial score (nSPS) is 38.1. The molecule has 0 bridgehead atoms. The third kappa shape index (κ3) is 4.80. The van der Waals surface area contributed by atoms with E-state index in [4.69, 9.17) is 0 Å². The molecule has 0 aliphatic heterocycles. The Hall–Kier alpha value is -1.12. The molecule has 3 saturated carbocycles. The van der Waals surface area contributed by atoms with Crippen molar-refractivity contribution in [2.45, 2.75) is 111 Å². The number of fused-ring (bicyclic) bond motifs is 5. The molecule has 0 spiro atoms. The third-order valence-electron chi connectivity index (χ3n) is 8.98. The lowest BCUT2D eigenvalue weighted by atomic mass is 9.47. The quantitative estimate of drug-likeness (QED) is 0.562. The smallest absolute Gasteiger partial charge is 0.155 e. The molecule has 3 nitrogen and oxygen atoms in total. The van der Waals surface area contributed by atoms with Crippen LogP contribution in [-0.2, 0) is 9.59 Å². The number of carboxylic acids is 1. The van der Waals surface area contributed by atoms with Crippen LogP contribution in [0, 0.1) is 28.6 Å². The van der Waals surface area contributed by atoms with Crippen LogP contribution >= 0.6 is 0 Å². The molecule has 164 valence electrons. The van der Waals surface area contributed by atoms with Gasteiger partial charge in [0.15, 0.2) is 5.78 Å². The predicted molar refractivity (Wildman–Crippen MR) is 115 cm³/mol. The van der Waals surface area contributed by atoms with Crippen LogP contribution < -0.4 is 5.11 Å². The summed E-state index contributed by atoms with van der Waals surface area (Å²) in [5, 5.41) is 9.85. The Morgan fingerprint density at radius 1 is 1.03 bits per heavy atom. The average Bonchev–Trinajstić information content (AvgIpc) is 3.08. The number of carboxylic acid groups (broad SMARTS) is 1. The number of rotatable bonds is 5. The van der Waals surface area contributed by atoms with E-state index in [2.05, 4.69) is 20.8 Å². The highest BCUT2D eigenvalue weighted by Crippen LogP contribution is 2.65. The summed E-state index contributed by atoms with van der Waals surface area (Å²) < 4.78 is 0. The van der Waals surface area contributed by atoms with Crippen molar-refractivity contribution >= 4 is 11.8 Å². The molecule has 4 rings (SSSR count). The summed E-state index contributed by atoms with van der Waals surface area (Å²) in [6.45, 7) is 7.15. The topological polar surface area (TPSA) is 57.2 Å². The Kier molecular flexibility index (Phi) is 7.27. The molecule has 0 N–H and O–H groups in total. The Morgan fingerprint density at radius 2 is 1.83 bits per heavy atom. The molecule has 3 heteroatoms. The zero-order valence-electron chi connectivity index (χ0n) is 18.9. The number of ketones is 1. The Morgan fingerprint density at radius 3 is 2.55 bits per heavy atom. The van der Waals surface area contributed by atoms with Crippen LogP contribution in [0.15, 0.2) is 11.6 Å². The maximum atomic E-state index is 11.8.